The van der Waals surface area contributed by atoms with Gasteiger partial charge >= 0.3 is 0 Å². The lowest BCUT2D eigenvalue weighted by atomic mass is 9.97. The van der Waals surface area contributed by atoms with Gasteiger partial charge in [-0.05, 0) is 42.7 Å². The third kappa shape index (κ3) is 2.85. The van der Waals surface area contributed by atoms with E-state index in [0.29, 0.717) is 21.3 Å². The minimum atomic E-state index is -0.167. The fourth-order valence-electron chi connectivity index (χ4n) is 2.51. The van der Waals surface area contributed by atoms with Crippen molar-refractivity contribution < 1.29 is 4.79 Å². The highest BCUT2D eigenvalue weighted by atomic mass is 35.5. The van der Waals surface area contributed by atoms with E-state index in [2.05, 4.69) is 10.6 Å². The predicted octanol–water partition coefficient (Wildman–Crippen LogP) is 4.60. The second-order valence-electron chi connectivity index (χ2n) is 4.92. The van der Waals surface area contributed by atoms with Gasteiger partial charge in [0.15, 0.2) is 0 Å². The van der Waals surface area contributed by atoms with E-state index in [4.69, 9.17) is 23.2 Å². The predicted molar refractivity (Wildman–Crippen MR) is 87.7 cm³/mol. The van der Waals surface area contributed by atoms with Crippen LogP contribution in [0.15, 0.2) is 36.4 Å². The first-order valence-electron chi connectivity index (χ1n) is 6.78. The summed E-state index contributed by atoms with van der Waals surface area (Å²) in [5.41, 5.74) is 3.29. The lowest BCUT2D eigenvalue weighted by Crippen LogP contribution is -2.19. The lowest BCUT2D eigenvalue weighted by Gasteiger charge is -2.20. The molecule has 0 aromatic heterocycles. The summed E-state index contributed by atoms with van der Waals surface area (Å²) in [4.78, 5) is 12.5. The van der Waals surface area contributed by atoms with Crippen LogP contribution in [0, 0.1) is 0 Å². The van der Waals surface area contributed by atoms with Crippen molar-refractivity contribution in [2.75, 3.05) is 17.2 Å². The number of benzene rings is 2. The van der Waals surface area contributed by atoms with Crippen molar-refractivity contribution >= 4 is 40.5 Å². The Balaban J connectivity index is 1.91. The molecule has 0 bridgehead atoms. The van der Waals surface area contributed by atoms with Gasteiger partial charge in [0.2, 0.25) is 0 Å². The Morgan fingerprint density at radius 1 is 1.14 bits per heavy atom. The number of carbonyl (C=O) groups excluding carboxylic acids is 1. The van der Waals surface area contributed by atoms with E-state index >= 15 is 0 Å². The van der Waals surface area contributed by atoms with Gasteiger partial charge in [-0.1, -0.05) is 35.3 Å². The van der Waals surface area contributed by atoms with E-state index in [0.717, 1.165) is 30.6 Å². The number of nitrogens with one attached hydrogen (secondary N) is 2. The fraction of sp³-hybridized carbons (Fsp3) is 0.188. The Kier molecular flexibility index (Phi) is 4.04. The average molecular weight is 321 g/mol. The van der Waals surface area contributed by atoms with Gasteiger partial charge in [0.25, 0.3) is 5.91 Å². The highest BCUT2D eigenvalue weighted by molar-refractivity contribution is 6.44. The van der Waals surface area contributed by atoms with E-state index in [1.54, 1.807) is 18.2 Å². The Morgan fingerprint density at radius 2 is 1.95 bits per heavy atom. The van der Waals surface area contributed by atoms with E-state index in [-0.39, 0.29) is 5.91 Å². The molecule has 0 unspecified atom stereocenters. The molecule has 5 heteroatoms. The van der Waals surface area contributed by atoms with E-state index in [1.165, 1.54) is 0 Å². The molecular formula is C16H14Cl2N2O. The number of halogens is 2. The van der Waals surface area contributed by atoms with Gasteiger partial charge in [0.1, 0.15) is 0 Å². The van der Waals surface area contributed by atoms with Crippen LogP contribution in [0.4, 0.5) is 11.4 Å². The van der Waals surface area contributed by atoms with Gasteiger partial charge in [0.05, 0.1) is 15.7 Å². The molecule has 0 saturated carbocycles. The molecule has 0 aliphatic carbocycles. The fourth-order valence-corrected chi connectivity index (χ4v) is 2.86. The Hall–Kier alpha value is -1.71. The van der Waals surface area contributed by atoms with Gasteiger partial charge in [-0.25, -0.2) is 0 Å². The van der Waals surface area contributed by atoms with E-state index in [9.17, 15) is 4.79 Å². The summed E-state index contributed by atoms with van der Waals surface area (Å²) in [5.74, 6) is -0.167. The first-order valence-corrected chi connectivity index (χ1v) is 7.53. The first kappa shape index (κ1) is 14.2. The zero-order chi connectivity index (χ0) is 14.8. The molecule has 0 atom stereocenters. The Labute approximate surface area is 133 Å². The van der Waals surface area contributed by atoms with Gasteiger partial charge in [0, 0.05) is 17.8 Å². The van der Waals surface area contributed by atoms with Crippen LogP contribution in [-0.2, 0) is 6.42 Å². The molecule has 1 amide bonds. The van der Waals surface area contributed by atoms with Crippen LogP contribution in [0.2, 0.25) is 10.0 Å². The van der Waals surface area contributed by atoms with Crippen molar-refractivity contribution in [2.45, 2.75) is 12.8 Å². The second-order valence-corrected chi connectivity index (χ2v) is 5.70. The van der Waals surface area contributed by atoms with Crippen LogP contribution >= 0.6 is 23.2 Å². The Morgan fingerprint density at radius 3 is 2.81 bits per heavy atom. The van der Waals surface area contributed by atoms with Crippen LogP contribution in [0.3, 0.4) is 0 Å². The maximum absolute atomic E-state index is 12.5. The third-order valence-electron chi connectivity index (χ3n) is 3.54. The molecule has 0 radical (unpaired) electrons. The second kappa shape index (κ2) is 5.96. The number of anilines is 2. The first-order chi connectivity index (χ1) is 10.2. The smallest absolute Gasteiger partial charge is 0.256 e. The number of hydrogen-bond acceptors (Lipinski definition) is 2. The highest BCUT2D eigenvalue weighted by Crippen LogP contribution is 2.31. The molecular weight excluding hydrogens is 307 g/mol. The van der Waals surface area contributed by atoms with Crippen molar-refractivity contribution in [3.05, 3.63) is 57.6 Å². The molecule has 21 heavy (non-hydrogen) atoms. The molecule has 2 N–H and O–H groups in total. The average Bonchev–Trinajstić information content (AvgIpc) is 2.51. The summed E-state index contributed by atoms with van der Waals surface area (Å²) in [7, 11) is 0. The summed E-state index contributed by atoms with van der Waals surface area (Å²) in [6.45, 7) is 0.943. The van der Waals surface area contributed by atoms with Gasteiger partial charge < -0.3 is 10.6 Å². The number of hydrogen-bond donors (Lipinski definition) is 2. The standard InChI is InChI=1S/C16H14Cl2N2O/c17-12-6-2-8-14(15(12)18)20-16(21)11-4-1-7-13-10(11)5-3-9-19-13/h1-2,4,6-8,19H,3,5,9H2,(H,20,21). The summed E-state index contributed by atoms with van der Waals surface area (Å²) >= 11 is 12.1. The molecule has 0 fully saturated rings. The van der Waals surface area contributed by atoms with Crippen LogP contribution < -0.4 is 10.6 Å². The van der Waals surface area contributed by atoms with Crippen molar-refractivity contribution in [3.8, 4) is 0 Å². The largest absolute Gasteiger partial charge is 0.385 e. The lowest BCUT2D eigenvalue weighted by molar-refractivity contribution is 0.102. The van der Waals surface area contributed by atoms with Crippen molar-refractivity contribution in [2.24, 2.45) is 0 Å². The van der Waals surface area contributed by atoms with Gasteiger partial charge in [-0.2, -0.15) is 0 Å². The maximum atomic E-state index is 12.5. The summed E-state index contributed by atoms with van der Waals surface area (Å²) in [6.07, 6.45) is 1.92. The number of amides is 1. The molecule has 2 aromatic carbocycles. The molecule has 0 spiro atoms. The van der Waals surface area contributed by atoms with Crippen LogP contribution in [0.1, 0.15) is 22.3 Å². The molecule has 0 saturated heterocycles. The van der Waals surface area contributed by atoms with E-state index in [1.807, 2.05) is 18.2 Å². The van der Waals surface area contributed by atoms with E-state index < -0.39 is 0 Å². The zero-order valence-electron chi connectivity index (χ0n) is 11.2. The zero-order valence-corrected chi connectivity index (χ0v) is 12.8. The Bertz CT molecular complexity index is 701. The van der Waals surface area contributed by atoms with Crippen molar-refractivity contribution in [1.82, 2.24) is 0 Å². The summed E-state index contributed by atoms with van der Waals surface area (Å²) < 4.78 is 0. The number of carbonyl (C=O) groups is 1. The minimum absolute atomic E-state index is 0.167. The van der Waals surface area contributed by atoms with Crippen LogP contribution in [0.25, 0.3) is 0 Å². The number of fused-ring (bicyclic) bond motifs is 1. The van der Waals surface area contributed by atoms with Gasteiger partial charge in [-0.15, -0.1) is 0 Å². The van der Waals surface area contributed by atoms with Crippen LogP contribution in [0.5, 0.6) is 0 Å². The summed E-state index contributed by atoms with van der Waals surface area (Å²) in [5, 5.41) is 6.93. The molecule has 3 nitrogen and oxygen atoms in total. The van der Waals surface area contributed by atoms with Crippen molar-refractivity contribution in [3.63, 3.8) is 0 Å². The number of rotatable bonds is 2. The molecule has 1 aliphatic heterocycles. The molecule has 108 valence electrons. The molecule has 1 aliphatic rings. The topological polar surface area (TPSA) is 41.1 Å². The highest BCUT2D eigenvalue weighted by Gasteiger charge is 2.18. The molecule has 1 heterocycles. The quantitative estimate of drug-likeness (QED) is 0.848. The minimum Gasteiger partial charge on any atom is -0.385 e. The maximum Gasteiger partial charge on any atom is 0.256 e. The van der Waals surface area contributed by atoms with Crippen LogP contribution in [-0.4, -0.2) is 12.5 Å². The molecule has 3 rings (SSSR count). The normalized spacial score (nSPS) is 13.2. The SMILES string of the molecule is O=C(Nc1cccc(Cl)c1Cl)c1cccc2c1CCCN2. The summed E-state index contributed by atoms with van der Waals surface area (Å²) in [6, 6.07) is 10.9. The molecule has 2 aromatic rings. The van der Waals surface area contributed by atoms with Gasteiger partial charge in [-0.3, -0.25) is 4.79 Å². The monoisotopic (exact) mass is 320 g/mol. The van der Waals surface area contributed by atoms with Crippen molar-refractivity contribution in [1.29, 1.82) is 0 Å². The third-order valence-corrected chi connectivity index (χ3v) is 4.36.